The van der Waals surface area contributed by atoms with E-state index in [2.05, 4.69) is 33.0 Å². The number of benzene rings is 1. The molecular formula is C17H24ClNO2. The molecule has 0 aliphatic carbocycles. The summed E-state index contributed by atoms with van der Waals surface area (Å²) in [7, 11) is 0. The van der Waals surface area contributed by atoms with Gasteiger partial charge in [0.25, 0.3) is 0 Å². The monoisotopic (exact) mass is 309 g/mol. The van der Waals surface area contributed by atoms with Gasteiger partial charge in [0.15, 0.2) is 5.78 Å². The van der Waals surface area contributed by atoms with Crippen molar-refractivity contribution in [3.05, 3.63) is 28.8 Å². The number of rotatable bonds is 3. The van der Waals surface area contributed by atoms with Gasteiger partial charge < -0.3 is 10.4 Å². The molecule has 1 aliphatic rings. The largest absolute Gasteiger partial charge is 0.506 e. The Morgan fingerprint density at radius 3 is 2.38 bits per heavy atom. The van der Waals surface area contributed by atoms with Gasteiger partial charge in [-0.25, -0.2) is 0 Å². The summed E-state index contributed by atoms with van der Waals surface area (Å²) >= 11 is 5.88. The van der Waals surface area contributed by atoms with Crippen LogP contribution >= 0.6 is 11.6 Å². The van der Waals surface area contributed by atoms with Crippen LogP contribution in [0.4, 0.5) is 0 Å². The predicted molar refractivity (Wildman–Crippen MR) is 86.1 cm³/mol. The van der Waals surface area contributed by atoms with Crippen LogP contribution in [0.15, 0.2) is 18.2 Å². The highest BCUT2D eigenvalue weighted by Gasteiger charge is 2.38. The number of phenolic OH excluding ortho intramolecular Hbond substituents is 1. The molecule has 0 bridgehead atoms. The molecule has 1 aliphatic heterocycles. The summed E-state index contributed by atoms with van der Waals surface area (Å²) in [6.45, 7) is 8.73. The highest BCUT2D eigenvalue weighted by Crippen LogP contribution is 2.35. The van der Waals surface area contributed by atoms with Gasteiger partial charge in [0.2, 0.25) is 0 Å². The standard InChI is InChI=1S/C17H24ClNO2/c1-16(2)9-11(10-17(3,4)19-16)7-15(21)12-5-6-14(20)13(18)8-12/h5-6,8,11,19-20H,7,9-10H2,1-4H3. The van der Waals surface area contributed by atoms with E-state index in [0.29, 0.717) is 17.9 Å². The van der Waals surface area contributed by atoms with Crippen molar-refractivity contribution in [1.29, 1.82) is 0 Å². The smallest absolute Gasteiger partial charge is 0.163 e. The molecule has 0 saturated carbocycles. The lowest BCUT2D eigenvalue weighted by Crippen LogP contribution is -2.57. The number of halogens is 1. The molecule has 0 radical (unpaired) electrons. The maximum atomic E-state index is 12.4. The van der Waals surface area contributed by atoms with Crippen LogP contribution in [0.1, 0.15) is 57.3 Å². The topological polar surface area (TPSA) is 49.3 Å². The van der Waals surface area contributed by atoms with Crippen LogP contribution in [0.2, 0.25) is 5.02 Å². The third-order valence-corrected chi connectivity index (χ3v) is 4.32. The first-order chi connectivity index (χ1) is 9.58. The van der Waals surface area contributed by atoms with Gasteiger partial charge in [-0.15, -0.1) is 0 Å². The third kappa shape index (κ3) is 4.21. The summed E-state index contributed by atoms with van der Waals surface area (Å²) in [5.41, 5.74) is 0.658. The molecule has 1 saturated heterocycles. The lowest BCUT2D eigenvalue weighted by atomic mass is 9.74. The second-order valence-electron chi connectivity index (χ2n) is 7.46. The van der Waals surface area contributed by atoms with Gasteiger partial charge in [-0.05, 0) is 64.7 Å². The van der Waals surface area contributed by atoms with Gasteiger partial charge in [-0.1, -0.05) is 11.6 Å². The number of carbonyl (C=O) groups excluding carboxylic acids is 1. The number of ketones is 1. The highest BCUT2D eigenvalue weighted by atomic mass is 35.5. The van der Waals surface area contributed by atoms with Crippen LogP contribution in [-0.4, -0.2) is 22.0 Å². The lowest BCUT2D eigenvalue weighted by molar-refractivity contribution is 0.0864. The first-order valence-corrected chi connectivity index (χ1v) is 7.77. The zero-order valence-corrected chi connectivity index (χ0v) is 13.9. The number of piperidine rings is 1. The molecule has 1 heterocycles. The van der Waals surface area contributed by atoms with E-state index in [1.165, 1.54) is 6.07 Å². The van der Waals surface area contributed by atoms with E-state index in [9.17, 15) is 9.90 Å². The first kappa shape index (κ1) is 16.3. The van der Waals surface area contributed by atoms with Crippen molar-refractivity contribution >= 4 is 17.4 Å². The quantitative estimate of drug-likeness (QED) is 0.824. The number of Topliss-reactive ketones (excluding diaryl/α,β-unsaturated/α-hetero) is 1. The molecule has 116 valence electrons. The molecule has 0 aromatic heterocycles. The van der Waals surface area contributed by atoms with Gasteiger partial charge in [0, 0.05) is 23.1 Å². The van der Waals surface area contributed by atoms with Crippen LogP contribution in [0.25, 0.3) is 0 Å². The van der Waals surface area contributed by atoms with Crippen LogP contribution in [0.5, 0.6) is 5.75 Å². The molecule has 4 heteroatoms. The zero-order valence-electron chi connectivity index (χ0n) is 13.2. The Hall–Kier alpha value is -1.06. The molecule has 0 amide bonds. The third-order valence-electron chi connectivity index (χ3n) is 4.02. The Balaban J connectivity index is 2.10. The van der Waals surface area contributed by atoms with Gasteiger partial charge in [0.1, 0.15) is 5.75 Å². The van der Waals surface area contributed by atoms with Crippen LogP contribution < -0.4 is 5.32 Å². The number of nitrogens with one attached hydrogen (secondary N) is 1. The van der Waals surface area contributed by atoms with E-state index in [0.717, 1.165) is 12.8 Å². The molecule has 2 rings (SSSR count). The second kappa shape index (κ2) is 5.62. The molecule has 1 aromatic carbocycles. The van der Waals surface area contributed by atoms with Crippen LogP contribution in [0.3, 0.4) is 0 Å². The minimum Gasteiger partial charge on any atom is -0.506 e. The van der Waals surface area contributed by atoms with E-state index >= 15 is 0 Å². The average molecular weight is 310 g/mol. The van der Waals surface area contributed by atoms with Gasteiger partial charge in [-0.2, -0.15) is 0 Å². The van der Waals surface area contributed by atoms with Crippen LogP contribution in [-0.2, 0) is 0 Å². The van der Waals surface area contributed by atoms with E-state index < -0.39 is 0 Å². The number of hydrogen-bond donors (Lipinski definition) is 2. The number of phenols is 1. The van der Waals surface area contributed by atoms with Crippen molar-refractivity contribution < 1.29 is 9.90 Å². The second-order valence-corrected chi connectivity index (χ2v) is 7.87. The Morgan fingerprint density at radius 2 is 1.86 bits per heavy atom. The Labute approximate surface area is 131 Å². The maximum Gasteiger partial charge on any atom is 0.163 e. The zero-order chi connectivity index (χ0) is 15.8. The van der Waals surface area contributed by atoms with E-state index in [1.807, 2.05) is 0 Å². The van der Waals surface area contributed by atoms with Crippen molar-refractivity contribution in [2.45, 2.75) is 58.0 Å². The van der Waals surface area contributed by atoms with Gasteiger partial charge in [-0.3, -0.25) is 4.79 Å². The molecule has 1 aromatic rings. The summed E-state index contributed by atoms with van der Waals surface area (Å²) < 4.78 is 0. The van der Waals surface area contributed by atoms with Crippen molar-refractivity contribution in [2.24, 2.45) is 5.92 Å². The van der Waals surface area contributed by atoms with Crippen molar-refractivity contribution in [3.63, 3.8) is 0 Å². The molecule has 3 nitrogen and oxygen atoms in total. The Kier molecular flexibility index (Phi) is 4.36. The first-order valence-electron chi connectivity index (χ1n) is 7.39. The van der Waals surface area contributed by atoms with Crippen molar-refractivity contribution in [3.8, 4) is 5.75 Å². The predicted octanol–water partition coefficient (Wildman–Crippen LogP) is 4.18. The van der Waals surface area contributed by atoms with Gasteiger partial charge in [0.05, 0.1) is 5.02 Å². The summed E-state index contributed by atoms with van der Waals surface area (Å²) in [5, 5.41) is 13.3. The summed E-state index contributed by atoms with van der Waals surface area (Å²) in [5.74, 6) is 0.462. The minimum absolute atomic E-state index is 0.0114. The SMILES string of the molecule is CC1(C)CC(CC(=O)c2ccc(O)c(Cl)c2)CC(C)(C)N1. The number of hydrogen-bond acceptors (Lipinski definition) is 3. The summed E-state index contributed by atoms with van der Waals surface area (Å²) in [6, 6.07) is 4.67. The molecule has 0 atom stereocenters. The minimum atomic E-state index is 0.0114. The van der Waals surface area contributed by atoms with Crippen molar-refractivity contribution in [2.75, 3.05) is 0 Å². The molecule has 0 spiro atoms. The number of carbonyl (C=O) groups is 1. The normalized spacial score (nSPS) is 21.2. The molecular weight excluding hydrogens is 286 g/mol. The molecule has 0 unspecified atom stereocenters. The summed E-state index contributed by atoms with van der Waals surface area (Å²) in [4.78, 5) is 12.4. The lowest BCUT2D eigenvalue weighted by Gasteiger charge is -2.46. The molecule has 1 fully saturated rings. The van der Waals surface area contributed by atoms with Crippen molar-refractivity contribution in [1.82, 2.24) is 5.32 Å². The van der Waals surface area contributed by atoms with E-state index in [1.54, 1.807) is 12.1 Å². The summed E-state index contributed by atoms with van der Waals surface area (Å²) in [6.07, 6.45) is 2.48. The fraction of sp³-hybridized carbons (Fsp3) is 0.588. The molecule has 2 N–H and O–H groups in total. The maximum absolute atomic E-state index is 12.4. The fourth-order valence-electron chi connectivity index (χ4n) is 3.74. The fourth-order valence-corrected chi connectivity index (χ4v) is 3.92. The number of aromatic hydroxyl groups is 1. The average Bonchev–Trinajstić information content (AvgIpc) is 2.28. The Bertz CT molecular complexity index is 536. The highest BCUT2D eigenvalue weighted by molar-refractivity contribution is 6.32. The Morgan fingerprint density at radius 1 is 1.29 bits per heavy atom. The molecule has 21 heavy (non-hydrogen) atoms. The van der Waals surface area contributed by atoms with E-state index in [4.69, 9.17) is 11.6 Å². The van der Waals surface area contributed by atoms with Gasteiger partial charge >= 0.3 is 0 Å². The van der Waals surface area contributed by atoms with E-state index in [-0.39, 0.29) is 27.6 Å². The van der Waals surface area contributed by atoms with Crippen LogP contribution in [0, 0.1) is 5.92 Å².